The van der Waals surface area contributed by atoms with Crippen LogP contribution in [0, 0.1) is 5.92 Å². The number of urea groups is 1. The number of carbonyl (C=O) groups excluding carboxylic acids is 1. The van der Waals surface area contributed by atoms with Crippen molar-refractivity contribution in [3.63, 3.8) is 0 Å². The normalized spacial score (nSPS) is 16.5. The molecule has 0 spiro atoms. The van der Waals surface area contributed by atoms with Gasteiger partial charge < -0.3 is 15.3 Å². The van der Waals surface area contributed by atoms with Crippen molar-refractivity contribution in [2.24, 2.45) is 5.92 Å². The Labute approximate surface area is 149 Å². The van der Waals surface area contributed by atoms with E-state index in [4.69, 9.17) is 0 Å². The molecule has 0 saturated carbocycles. The third kappa shape index (κ3) is 4.60. The SMILES string of the molecule is CC(O)C1CCN(C(=O)Nc2ccccc2Cc2ccccc2)CC1. The second kappa shape index (κ2) is 8.17. The van der Waals surface area contributed by atoms with Crippen molar-refractivity contribution in [3.05, 3.63) is 65.7 Å². The van der Waals surface area contributed by atoms with Crippen LogP contribution in [0.2, 0.25) is 0 Å². The van der Waals surface area contributed by atoms with E-state index >= 15 is 0 Å². The maximum atomic E-state index is 12.6. The van der Waals surface area contributed by atoms with E-state index in [9.17, 15) is 9.90 Å². The maximum absolute atomic E-state index is 12.6. The quantitative estimate of drug-likeness (QED) is 0.888. The van der Waals surface area contributed by atoms with E-state index in [2.05, 4.69) is 23.5 Å². The number of carbonyl (C=O) groups is 1. The Balaban J connectivity index is 1.64. The molecule has 0 bridgehead atoms. The molecule has 1 unspecified atom stereocenters. The zero-order valence-electron chi connectivity index (χ0n) is 14.7. The largest absolute Gasteiger partial charge is 0.393 e. The van der Waals surface area contributed by atoms with Gasteiger partial charge in [0, 0.05) is 18.8 Å². The molecule has 3 rings (SSSR count). The van der Waals surface area contributed by atoms with Gasteiger partial charge in [-0.2, -0.15) is 0 Å². The van der Waals surface area contributed by atoms with Crippen LogP contribution in [0.15, 0.2) is 54.6 Å². The van der Waals surface area contributed by atoms with Gasteiger partial charge in [-0.05, 0) is 49.3 Å². The number of amides is 2. The highest BCUT2D eigenvalue weighted by atomic mass is 16.3. The van der Waals surface area contributed by atoms with Gasteiger partial charge in [0.1, 0.15) is 0 Å². The van der Waals surface area contributed by atoms with Gasteiger partial charge in [-0.3, -0.25) is 0 Å². The fourth-order valence-electron chi connectivity index (χ4n) is 3.39. The number of rotatable bonds is 4. The number of aliphatic hydroxyl groups is 1. The second-order valence-corrected chi connectivity index (χ2v) is 6.81. The third-order valence-corrected chi connectivity index (χ3v) is 5.01. The van der Waals surface area contributed by atoms with Crippen molar-refractivity contribution in [1.29, 1.82) is 0 Å². The standard InChI is InChI=1S/C21H26N2O2/c1-16(24)18-11-13-23(14-12-18)21(25)22-20-10-6-5-9-19(20)15-17-7-3-2-4-8-17/h2-10,16,18,24H,11-15H2,1H3,(H,22,25). The Morgan fingerprint density at radius 3 is 2.44 bits per heavy atom. The summed E-state index contributed by atoms with van der Waals surface area (Å²) in [6.07, 6.45) is 2.21. The van der Waals surface area contributed by atoms with Gasteiger partial charge in [0.25, 0.3) is 0 Å². The number of likely N-dealkylation sites (tertiary alicyclic amines) is 1. The zero-order valence-corrected chi connectivity index (χ0v) is 14.7. The molecule has 4 heteroatoms. The minimum absolute atomic E-state index is 0.0513. The highest BCUT2D eigenvalue weighted by molar-refractivity contribution is 5.90. The molecule has 1 atom stereocenters. The minimum Gasteiger partial charge on any atom is -0.393 e. The number of hydrogen-bond acceptors (Lipinski definition) is 2. The molecular weight excluding hydrogens is 312 g/mol. The predicted octanol–water partition coefficient (Wildman–Crippen LogP) is 3.90. The van der Waals surface area contributed by atoms with E-state index in [0.29, 0.717) is 19.0 Å². The molecule has 2 N–H and O–H groups in total. The monoisotopic (exact) mass is 338 g/mol. The van der Waals surface area contributed by atoms with Crippen LogP contribution in [-0.2, 0) is 6.42 Å². The van der Waals surface area contributed by atoms with E-state index in [0.717, 1.165) is 30.5 Å². The number of para-hydroxylation sites is 1. The number of benzene rings is 2. The molecule has 0 aliphatic carbocycles. The predicted molar refractivity (Wildman–Crippen MR) is 101 cm³/mol. The summed E-state index contributed by atoms with van der Waals surface area (Å²) in [4.78, 5) is 14.4. The van der Waals surface area contributed by atoms with Crippen molar-refractivity contribution in [3.8, 4) is 0 Å². The van der Waals surface area contributed by atoms with Crippen molar-refractivity contribution in [2.45, 2.75) is 32.3 Å². The van der Waals surface area contributed by atoms with Crippen LogP contribution >= 0.6 is 0 Å². The first kappa shape index (κ1) is 17.5. The number of nitrogens with zero attached hydrogens (tertiary/aromatic N) is 1. The molecule has 0 aromatic heterocycles. The Bertz CT molecular complexity index is 692. The first-order chi connectivity index (χ1) is 12.1. The van der Waals surface area contributed by atoms with Crippen LogP contribution in [-0.4, -0.2) is 35.2 Å². The van der Waals surface area contributed by atoms with Crippen LogP contribution in [0.4, 0.5) is 10.5 Å². The van der Waals surface area contributed by atoms with Crippen LogP contribution in [0.25, 0.3) is 0 Å². The molecule has 0 radical (unpaired) electrons. The Kier molecular flexibility index (Phi) is 5.71. The lowest BCUT2D eigenvalue weighted by molar-refractivity contribution is 0.0820. The molecule has 1 aliphatic rings. The maximum Gasteiger partial charge on any atom is 0.321 e. The summed E-state index contributed by atoms with van der Waals surface area (Å²) in [7, 11) is 0. The number of piperidine rings is 1. The Hall–Kier alpha value is -2.33. The first-order valence-corrected chi connectivity index (χ1v) is 8.99. The molecule has 1 heterocycles. The summed E-state index contributed by atoms with van der Waals surface area (Å²) in [5.74, 6) is 0.300. The van der Waals surface area contributed by atoms with Crippen LogP contribution in [0.1, 0.15) is 30.9 Å². The molecular formula is C21H26N2O2. The van der Waals surface area contributed by atoms with Crippen LogP contribution < -0.4 is 5.32 Å². The summed E-state index contributed by atoms with van der Waals surface area (Å²) in [6.45, 7) is 3.23. The Morgan fingerprint density at radius 1 is 1.12 bits per heavy atom. The van der Waals surface area contributed by atoms with Crippen molar-refractivity contribution < 1.29 is 9.90 Å². The van der Waals surface area contributed by atoms with Crippen molar-refractivity contribution in [2.75, 3.05) is 18.4 Å². The van der Waals surface area contributed by atoms with E-state index in [-0.39, 0.29) is 12.1 Å². The summed E-state index contributed by atoms with van der Waals surface area (Å²) >= 11 is 0. The zero-order chi connectivity index (χ0) is 17.6. The molecule has 4 nitrogen and oxygen atoms in total. The first-order valence-electron chi connectivity index (χ1n) is 8.99. The average molecular weight is 338 g/mol. The number of aliphatic hydroxyl groups excluding tert-OH is 1. The lowest BCUT2D eigenvalue weighted by Crippen LogP contribution is -2.42. The van der Waals surface area contributed by atoms with Crippen molar-refractivity contribution in [1.82, 2.24) is 4.90 Å². The van der Waals surface area contributed by atoms with Gasteiger partial charge >= 0.3 is 6.03 Å². The van der Waals surface area contributed by atoms with Gasteiger partial charge in [-0.25, -0.2) is 4.79 Å². The van der Waals surface area contributed by atoms with E-state index in [1.807, 2.05) is 48.2 Å². The second-order valence-electron chi connectivity index (χ2n) is 6.81. The highest BCUT2D eigenvalue weighted by Crippen LogP contribution is 2.23. The fourth-order valence-corrected chi connectivity index (χ4v) is 3.39. The molecule has 1 saturated heterocycles. The molecule has 25 heavy (non-hydrogen) atoms. The lowest BCUT2D eigenvalue weighted by Gasteiger charge is -2.33. The highest BCUT2D eigenvalue weighted by Gasteiger charge is 2.25. The van der Waals surface area contributed by atoms with Gasteiger partial charge in [-0.15, -0.1) is 0 Å². The molecule has 1 aliphatic heterocycles. The fraction of sp³-hybridized carbons (Fsp3) is 0.381. The molecule has 2 aromatic rings. The van der Waals surface area contributed by atoms with Crippen molar-refractivity contribution >= 4 is 11.7 Å². The summed E-state index contributed by atoms with van der Waals surface area (Å²) in [5, 5.41) is 12.8. The van der Waals surface area contributed by atoms with Gasteiger partial charge in [0.15, 0.2) is 0 Å². The van der Waals surface area contributed by atoms with Gasteiger partial charge in [0.2, 0.25) is 0 Å². The smallest absolute Gasteiger partial charge is 0.321 e. The minimum atomic E-state index is -0.295. The van der Waals surface area contributed by atoms with E-state index in [1.54, 1.807) is 0 Å². The van der Waals surface area contributed by atoms with E-state index in [1.165, 1.54) is 5.56 Å². The molecule has 2 aromatic carbocycles. The summed E-state index contributed by atoms with van der Waals surface area (Å²) in [5.41, 5.74) is 3.21. The Morgan fingerprint density at radius 2 is 1.76 bits per heavy atom. The summed E-state index contributed by atoms with van der Waals surface area (Å²) in [6, 6.07) is 18.2. The lowest BCUT2D eigenvalue weighted by atomic mass is 9.92. The molecule has 2 amide bonds. The topological polar surface area (TPSA) is 52.6 Å². The molecule has 1 fully saturated rings. The van der Waals surface area contributed by atoms with Gasteiger partial charge in [-0.1, -0.05) is 48.5 Å². The number of hydrogen-bond donors (Lipinski definition) is 2. The van der Waals surface area contributed by atoms with Crippen LogP contribution in [0.3, 0.4) is 0 Å². The third-order valence-electron chi connectivity index (χ3n) is 5.01. The molecule has 132 valence electrons. The number of nitrogens with one attached hydrogen (secondary N) is 1. The number of anilines is 1. The van der Waals surface area contributed by atoms with Crippen LogP contribution in [0.5, 0.6) is 0 Å². The van der Waals surface area contributed by atoms with Gasteiger partial charge in [0.05, 0.1) is 6.10 Å². The van der Waals surface area contributed by atoms with E-state index < -0.39 is 0 Å². The summed E-state index contributed by atoms with van der Waals surface area (Å²) < 4.78 is 0. The average Bonchev–Trinajstić information content (AvgIpc) is 2.64.